The highest BCUT2D eigenvalue weighted by Crippen LogP contribution is 2.23. The quantitative estimate of drug-likeness (QED) is 0.831. The van der Waals surface area contributed by atoms with E-state index >= 15 is 0 Å². The van der Waals surface area contributed by atoms with Crippen LogP contribution in [0.5, 0.6) is 0 Å². The minimum atomic E-state index is -0.763. The standard InChI is InChI=1S/C15H18FNO2/c16-9-4-10-17-11-12(5-3-8-15(18)19)13-6-1-2-7-14(13)17/h1-2,6-7,11H,3-5,8-10H2,(H,18,19). The van der Waals surface area contributed by atoms with Crippen molar-refractivity contribution in [3.63, 3.8) is 0 Å². The molecule has 0 unspecified atom stereocenters. The van der Waals surface area contributed by atoms with Crippen LogP contribution in [-0.2, 0) is 17.8 Å². The normalized spacial score (nSPS) is 11.0. The lowest BCUT2D eigenvalue weighted by atomic mass is 10.1. The van der Waals surface area contributed by atoms with E-state index in [-0.39, 0.29) is 13.1 Å². The summed E-state index contributed by atoms with van der Waals surface area (Å²) < 4.78 is 14.4. The van der Waals surface area contributed by atoms with Crippen molar-refractivity contribution in [3.05, 3.63) is 36.0 Å². The van der Waals surface area contributed by atoms with E-state index in [2.05, 4.69) is 4.57 Å². The molecule has 0 aliphatic heterocycles. The van der Waals surface area contributed by atoms with Crippen molar-refractivity contribution in [3.8, 4) is 0 Å². The summed E-state index contributed by atoms with van der Waals surface area (Å²) in [5, 5.41) is 9.82. The Balaban J connectivity index is 2.20. The number of aliphatic carboxylic acids is 1. The van der Waals surface area contributed by atoms with Crippen molar-refractivity contribution in [1.29, 1.82) is 0 Å². The van der Waals surface area contributed by atoms with Gasteiger partial charge in [-0.15, -0.1) is 0 Å². The number of hydrogen-bond acceptors (Lipinski definition) is 1. The van der Waals surface area contributed by atoms with Gasteiger partial charge in [-0.05, 0) is 30.9 Å². The van der Waals surface area contributed by atoms with Crippen molar-refractivity contribution >= 4 is 16.9 Å². The topological polar surface area (TPSA) is 42.2 Å². The number of aromatic nitrogens is 1. The van der Waals surface area contributed by atoms with Crippen LogP contribution in [0.4, 0.5) is 4.39 Å². The van der Waals surface area contributed by atoms with Crippen molar-refractivity contribution in [1.82, 2.24) is 4.57 Å². The van der Waals surface area contributed by atoms with Gasteiger partial charge in [-0.3, -0.25) is 9.18 Å². The molecule has 19 heavy (non-hydrogen) atoms. The second kappa shape index (κ2) is 6.36. The Morgan fingerprint density at radius 3 is 2.79 bits per heavy atom. The summed E-state index contributed by atoms with van der Waals surface area (Å²) >= 11 is 0. The third kappa shape index (κ3) is 3.34. The summed E-state index contributed by atoms with van der Waals surface area (Å²) in [6.45, 7) is 0.344. The number of para-hydroxylation sites is 1. The fourth-order valence-electron chi connectivity index (χ4n) is 2.37. The van der Waals surface area contributed by atoms with Crippen LogP contribution in [0.1, 0.15) is 24.8 Å². The predicted octanol–water partition coefficient (Wildman–Crippen LogP) is 3.41. The van der Waals surface area contributed by atoms with Gasteiger partial charge in [0.05, 0.1) is 6.67 Å². The third-order valence-corrected chi connectivity index (χ3v) is 3.24. The number of aryl methyl sites for hydroxylation is 2. The Kier molecular flexibility index (Phi) is 4.55. The minimum Gasteiger partial charge on any atom is -0.481 e. The number of halogens is 1. The first kappa shape index (κ1) is 13.6. The third-order valence-electron chi connectivity index (χ3n) is 3.24. The van der Waals surface area contributed by atoms with Gasteiger partial charge in [0.15, 0.2) is 0 Å². The van der Waals surface area contributed by atoms with Crippen molar-refractivity contribution in [2.75, 3.05) is 6.67 Å². The molecular formula is C15H18FNO2. The van der Waals surface area contributed by atoms with Gasteiger partial charge in [-0.1, -0.05) is 18.2 Å². The number of carboxylic acids is 1. The number of nitrogens with zero attached hydrogens (tertiary/aromatic N) is 1. The Bertz CT molecular complexity index is 562. The van der Waals surface area contributed by atoms with Gasteiger partial charge in [-0.2, -0.15) is 0 Å². The van der Waals surface area contributed by atoms with Crippen LogP contribution >= 0.6 is 0 Å². The van der Waals surface area contributed by atoms with E-state index < -0.39 is 5.97 Å². The molecule has 3 nitrogen and oxygen atoms in total. The fraction of sp³-hybridized carbons (Fsp3) is 0.400. The fourth-order valence-corrected chi connectivity index (χ4v) is 2.37. The van der Waals surface area contributed by atoms with Crippen LogP contribution in [0.3, 0.4) is 0 Å². The Morgan fingerprint density at radius 2 is 2.05 bits per heavy atom. The van der Waals surface area contributed by atoms with Gasteiger partial charge in [-0.25, -0.2) is 0 Å². The molecule has 4 heteroatoms. The summed E-state index contributed by atoms with van der Waals surface area (Å²) in [6.07, 6.45) is 4.10. The maximum absolute atomic E-state index is 12.3. The lowest BCUT2D eigenvalue weighted by Crippen LogP contribution is -1.97. The molecule has 102 valence electrons. The molecule has 0 aliphatic rings. The lowest BCUT2D eigenvalue weighted by molar-refractivity contribution is -0.137. The van der Waals surface area contributed by atoms with Gasteiger partial charge in [0, 0.05) is 30.1 Å². The Hall–Kier alpha value is -1.84. The number of carbonyl (C=O) groups is 1. The minimum absolute atomic E-state index is 0.185. The summed E-state index contributed by atoms with van der Waals surface area (Å²) in [4.78, 5) is 10.6. The molecule has 1 aromatic heterocycles. The summed E-state index contributed by atoms with van der Waals surface area (Å²) in [6, 6.07) is 8.00. The highest BCUT2D eigenvalue weighted by molar-refractivity contribution is 5.84. The maximum Gasteiger partial charge on any atom is 0.303 e. The molecule has 0 bridgehead atoms. The van der Waals surface area contributed by atoms with Crippen LogP contribution in [0.2, 0.25) is 0 Å². The number of carboxylic acid groups (broad SMARTS) is 1. The zero-order chi connectivity index (χ0) is 13.7. The first-order valence-corrected chi connectivity index (χ1v) is 6.57. The van der Waals surface area contributed by atoms with E-state index in [0.717, 1.165) is 22.9 Å². The highest BCUT2D eigenvalue weighted by Gasteiger charge is 2.08. The maximum atomic E-state index is 12.3. The molecule has 0 spiro atoms. The molecule has 1 heterocycles. The van der Waals surface area contributed by atoms with Crippen LogP contribution < -0.4 is 0 Å². The van der Waals surface area contributed by atoms with Crippen molar-refractivity contribution < 1.29 is 14.3 Å². The molecule has 2 rings (SSSR count). The number of hydrogen-bond donors (Lipinski definition) is 1. The van der Waals surface area contributed by atoms with E-state index in [4.69, 9.17) is 5.11 Å². The first-order valence-electron chi connectivity index (χ1n) is 6.57. The van der Waals surface area contributed by atoms with E-state index in [1.807, 2.05) is 30.5 Å². The second-order valence-electron chi connectivity index (χ2n) is 4.65. The molecule has 0 amide bonds. The second-order valence-corrected chi connectivity index (χ2v) is 4.65. The van der Waals surface area contributed by atoms with Gasteiger partial charge < -0.3 is 9.67 Å². The molecule has 1 N–H and O–H groups in total. The Morgan fingerprint density at radius 1 is 1.26 bits per heavy atom. The average molecular weight is 263 g/mol. The molecule has 2 aromatic rings. The van der Waals surface area contributed by atoms with Gasteiger partial charge >= 0.3 is 5.97 Å². The zero-order valence-electron chi connectivity index (χ0n) is 10.8. The van der Waals surface area contributed by atoms with Crippen LogP contribution in [0, 0.1) is 0 Å². The SMILES string of the molecule is O=C(O)CCCc1cn(CCCF)c2ccccc12. The monoisotopic (exact) mass is 263 g/mol. The lowest BCUT2D eigenvalue weighted by Gasteiger charge is -2.02. The highest BCUT2D eigenvalue weighted by atomic mass is 19.1. The van der Waals surface area contributed by atoms with Crippen LogP contribution in [0.15, 0.2) is 30.5 Å². The number of alkyl halides is 1. The van der Waals surface area contributed by atoms with E-state index in [1.165, 1.54) is 0 Å². The molecular weight excluding hydrogens is 245 g/mol. The van der Waals surface area contributed by atoms with Crippen LogP contribution in [0.25, 0.3) is 10.9 Å². The summed E-state index contributed by atoms with van der Waals surface area (Å²) in [5.41, 5.74) is 2.25. The number of benzene rings is 1. The van der Waals surface area contributed by atoms with Crippen LogP contribution in [-0.4, -0.2) is 22.3 Å². The average Bonchev–Trinajstić information content (AvgIpc) is 2.75. The van der Waals surface area contributed by atoms with Crippen molar-refractivity contribution in [2.24, 2.45) is 0 Å². The molecule has 0 fully saturated rings. The molecule has 1 aromatic carbocycles. The van der Waals surface area contributed by atoms with Gasteiger partial charge in [0.1, 0.15) is 0 Å². The predicted molar refractivity (Wildman–Crippen MR) is 73.1 cm³/mol. The van der Waals surface area contributed by atoms with E-state index in [1.54, 1.807) is 0 Å². The van der Waals surface area contributed by atoms with E-state index in [9.17, 15) is 9.18 Å². The van der Waals surface area contributed by atoms with E-state index in [0.29, 0.717) is 19.4 Å². The summed E-state index contributed by atoms with van der Waals surface area (Å²) in [7, 11) is 0. The molecule has 0 saturated heterocycles. The number of fused-ring (bicyclic) bond motifs is 1. The molecule has 0 aliphatic carbocycles. The van der Waals surface area contributed by atoms with Crippen molar-refractivity contribution in [2.45, 2.75) is 32.2 Å². The molecule has 0 atom stereocenters. The largest absolute Gasteiger partial charge is 0.481 e. The molecule has 0 saturated carbocycles. The molecule has 0 radical (unpaired) electrons. The smallest absolute Gasteiger partial charge is 0.303 e. The zero-order valence-corrected chi connectivity index (χ0v) is 10.8. The van der Waals surface area contributed by atoms with Gasteiger partial charge in [0.2, 0.25) is 0 Å². The van der Waals surface area contributed by atoms with Gasteiger partial charge in [0.25, 0.3) is 0 Å². The summed E-state index contributed by atoms with van der Waals surface area (Å²) in [5.74, 6) is -0.763. The Labute approximate surface area is 111 Å². The first-order chi connectivity index (χ1) is 9.22. The number of rotatable bonds is 7.